The molecule has 22 heavy (non-hydrogen) atoms. The van der Waals surface area contributed by atoms with E-state index in [1.165, 1.54) is 0 Å². The van der Waals surface area contributed by atoms with Gasteiger partial charge in [0.05, 0.1) is 12.6 Å². The molecule has 0 spiro atoms. The average molecular weight is 298 g/mol. The van der Waals surface area contributed by atoms with E-state index >= 15 is 0 Å². The van der Waals surface area contributed by atoms with Crippen LogP contribution in [0.4, 0.5) is 5.69 Å². The molecule has 0 fully saturated rings. The number of hydrogen-bond acceptors (Lipinski definition) is 3. The average Bonchev–Trinajstić information content (AvgIpc) is 2.51. The van der Waals surface area contributed by atoms with Gasteiger partial charge in [-0.2, -0.15) is 0 Å². The standard InChI is InChI=1S/C18H22N2O2/c1-3-22-15-9-10-17(13(2)11-15)20-18(21)16(19)12-14-7-5-4-6-8-14/h4-11,16H,3,12,19H2,1-2H3,(H,20,21). The van der Waals surface area contributed by atoms with Gasteiger partial charge in [-0.3, -0.25) is 4.79 Å². The van der Waals surface area contributed by atoms with E-state index < -0.39 is 6.04 Å². The van der Waals surface area contributed by atoms with Crippen molar-refractivity contribution in [2.24, 2.45) is 5.73 Å². The Balaban J connectivity index is 1.99. The van der Waals surface area contributed by atoms with Gasteiger partial charge in [-0.1, -0.05) is 30.3 Å². The van der Waals surface area contributed by atoms with Gasteiger partial charge in [0.2, 0.25) is 5.91 Å². The van der Waals surface area contributed by atoms with Crippen LogP contribution >= 0.6 is 0 Å². The highest BCUT2D eigenvalue weighted by Gasteiger charge is 2.15. The summed E-state index contributed by atoms with van der Waals surface area (Å²) in [4.78, 5) is 12.2. The SMILES string of the molecule is CCOc1ccc(NC(=O)C(N)Cc2ccccc2)c(C)c1. The Hall–Kier alpha value is -2.33. The van der Waals surface area contributed by atoms with Gasteiger partial charge in [-0.15, -0.1) is 0 Å². The maximum absolute atomic E-state index is 12.2. The number of nitrogens with one attached hydrogen (secondary N) is 1. The fraction of sp³-hybridized carbons (Fsp3) is 0.278. The lowest BCUT2D eigenvalue weighted by molar-refractivity contribution is -0.117. The van der Waals surface area contributed by atoms with E-state index in [1.807, 2.05) is 62.4 Å². The van der Waals surface area contributed by atoms with Gasteiger partial charge in [0.25, 0.3) is 0 Å². The molecule has 3 N–H and O–H groups in total. The fourth-order valence-electron chi connectivity index (χ4n) is 2.22. The van der Waals surface area contributed by atoms with Crippen LogP contribution in [0.25, 0.3) is 0 Å². The summed E-state index contributed by atoms with van der Waals surface area (Å²) in [5.74, 6) is 0.614. The molecule has 0 radical (unpaired) electrons. The van der Waals surface area contributed by atoms with Crippen LogP contribution in [-0.2, 0) is 11.2 Å². The van der Waals surface area contributed by atoms with E-state index in [2.05, 4.69) is 5.32 Å². The monoisotopic (exact) mass is 298 g/mol. The molecule has 0 saturated carbocycles. The smallest absolute Gasteiger partial charge is 0.241 e. The van der Waals surface area contributed by atoms with Crippen molar-refractivity contribution in [1.82, 2.24) is 0 Å². The molecule has 0 bridgehead atoms. The maximum atomic E-state index is 12.2. The van der Waals surface area contributed by atoms with Crippen molar-refractivity contribution < 1.29 is 9.53 Å². The number of carbonyl (C=O) groups excluding carboxylic acids is 1. The van der Waals surface area contributed by atoms with Crippen LogP contribution in [0.15, 0.2) is 48.5 Å². The number of ether oxygens (including phenoxy) is 1. The molecular weight excluding hydrogens is 276 g/mol. The zero-order chi connectivity index (χ0) is 15.9. The van der Waals surface area contributed by atoms with Crippen LogP contribution in [-0.4, -0.2) is 18.6 Å². The summed E-state index contributed by atoms with van der Waals surface area (Å²) in [6, 6.07) is 14.8. The topological polar surface area (TPSA) is 64.3 Å². The summed E-state index contributed by atoms with van der Waals surface area (Å²) in [5, 5.41) is 2.88. The van der Waals surface area contributed by atoms with Crippen molar-refractivity contribution in [3.05, 3.63) is 59.7 Å². The number of anilines is 1. The summed E-state index contributed by atoms with van der Waals surface area (Å²) in [5.41, 5.74) is 8.75. The molecule has 116 valence electrons. The summed E-state index contributed by atoms with van der Waals surface area (Å²) >= 11 is 0. The van der Waals surface area contributed by atoms with E-state index in [4.69, 9.17) is 10.5 Å². The second kappa shape index (κ2) is 7.61. The van der Waals surface area contributed by atoms with Gasteiger partial charge >= 0.3 is 0 Å². The van der Waals surface area contributed by atoms with E-state index in [9.17, 15) is 4.79 Å². The predicted molar refractivity (Wildman–Crippen MR) is 89.1 cm³/mol. The lowest BCUT2D eigenvalue weighted by Crippen LogP contribution is -2.37. The van der Waals surface area contributed by atoms with Crippen molar-refractivity contribution in [3.8, 4) is 5.75 Å². The molecule has 0 saturated heterocycles. The molecule has 1 atom stereocenters. The minimum absolute atomic E-state index is 0.184. The highest BCUT2D eigenvalue weighted by Crippen LogP contribution is 2.21. The summed E-state index contributed by atoms with van der Waals surface area (Å²) in [6.07, 6.45) is 0.517. The predicted octanol–water partition coefficient (Wildman–Crippen LogP) is 2.90. The second-order valence-corrected chi connectivity index (χ2v) is 5.20. The number of amides is 1. The number of nitrogens with two attached hydrogens (primary N) is 1. The van der Waals surface area contributed by atoms with E-state index in [0.29, 0.717) is 13.0 Å². The number of hydrogen-bond donors (Lipinski definition) is 2. The van der Waals surface area contributed by atoms with Crippen molar-refractivity contribution in [2.45, 2.75) is 26.3 Å². The molecule has 0 heterocycles. The van der Waals surface area contributed by atoms with Gasteiger partial charge in [-0.25, -0.2) is 0 Å². The van der Waals surface area contributed by atoms with Gasteiger partial charge in [0.15, 0.2) is 0 Å². The quantitative estimate of drug-likeness (QED) is 0.862. The van der Waals surface area contributed by atoms with Crippen LogP contribution in [0, 0.1) is 6.92 Å². The van der Waals surface area contributed by atoms with Crippen LogP contribution in [0.2, 0.25) is 0 Å². The Bertz CT molecular complexity index is 626. The van der Waals surface area contributed by atoms with Crippen LogP contribution < -0.4 is 15.8 Å². The maximum Gasteiger partial charge on any atom is 0.241 e. The van der Waals surface area contributed by atoms with Gasteiger partial charge < -0.3 is 15.8 Å². The Labute approximate surface area is 131 Å². The molecule has 1 unspecified atom stereocenters. The molecular formula is C18H22N2O2. The number of rotatable bonds is 6. The summed E-state index contributed by atoms with van der Waals surface area (Å²) < 4.78 is 5.44. The Morgan fingerprint density at radius 3 is 2.59 bits per heavy atom. The van der Waals surface area contributed by atoms with Crippen LogP contribution in [0.3, 0.4) is 0 Å². The molecule has 4 heteroatoms. The highest BCUT2D eigenvalue weighted by atomic mass is 16.5. The third kappa shape index (κ3) is 4.33. The zero-order valence-corrected chi connectivity index (χ0v) is 13.0. The minimum atomic E-state index is -0.576. The molecule has 0 aliphatic rings. The zero-order valence-electron chi connectivity index (χ0n) is 13.0. The first-order valence-electron chi connectivity index (χ1n) is 7.44. The van der Waals surface area contributed by atoms with Crippen LogP contribution in [0.1, 0.15) is 18.1 Å². The van der Waals surface area contributed by atoms with E-state index in [0.717, 1.165) is 22.6 Å². The molecule has 0 aromatic heterocycles. The van der Waals surface area contributed by atoms with Crippen molar-refractivity contribution >= 4 is 11.6 Å². The minimum Gasteiger partial charge on any atom is -0.494 e. The Morgan fingerprint density at radius 2 is 1.95 bits per heavy atom. The normalized spacial score (nSPS) is 11.8. The highest BCUT2D eigenvalue weighted by molar-refractivity contribution is 5.95. The van der Waals surface area contributed by atoms with Crippen LogP contribution in [0.5, 0.6) is 5.75 Å². The lowest BCUT2D eigenvalue weighted by atomic mass is 10.1. The van der Waals surface area contributed by atoms with Crippen molar-refractivity contribution in [1.29, 1.82) is 0 Å². The second-order valence-electron chi connectivity index (χ2n) is 5.20. The summed E-state index contributed by atoms with van der Waals surface area (Å²) in [7, 11) is 0. The molecule has 4 nitrogen and oxygen atoms in total. The van der Waals surface area contributed by atoms with Gasteiger partial charge in [0.1, 0.15) is 5.75 Å². The first kappa shape index (κ1) is 16.0. The van der Waals surface area contributed by atoms with E-state index in [1.54, 1.807) is 0 Å². The summed E-state index contributed by atoms with van der Waals surface area (Å²) in [6.45, 7) is 4.49. The van der Waals surface area contributed by atoms with Gasteiger partial charge in [-0.05, 0) is 49.6 Å². The molecule has 2 rings (SSSR count). The number of aryl methyl sites for hydroxylation is 1. The molecule has 1 amide bonds. The molecule has 0 aliphatic heterocycles. The van der Waals surface area contributed by atoms with Crippen molar-refractivity contribution in [3.63, 3.8) is 0 Å². The number of carbonyl (C=O) groups is 1. The van der Waals surface area contributed by atoms with E-state index in [-0.39, 0.29) is 5.91 Å². The lowest BCUT2D eigenvalue weighted by Gasteiger charge is -2.14. The number of benzene rings is 2. The first-order valence-corrected chi connectivity index (χ1v) is 7.44. The third-order valence-electron chi connectivity index (χ3n) is 3.40. The Morgan fingerprint density at radius 1 is 1.23 bits per heavy atom. The molecule has 2 aromatic rings. The Kier molecular flexibility index (Phi) is 5.55. The van der Waals surface area contributed by atoms with Crippen molar-refractivity contribution in [2.75, 3.05) is 11.9 Å². The first-order chi connectivity index (χ1) is 10.6. The third-order valence-corrected chi connectivity index (χ3v) is 3.40. The van der Waals surface area contributed by atoms with Gasteiger partial charge in [0, 0.05) is 5.69 Å². The molecule has 2 aromatic carbocycles. The fourth-order valence-corrected chi connectivity index (χ4v) is 2.22. The molecule has 0 aliphatic carbocycles. The largest absolute Gasteiger partial charge is 0.494 e.